The van der Waals surface area contributed by atoms with Gasteiger partial charge in [-0.1, -0.05) is 39.8 Å². The number of ether oxygens (including phenoxy) is 1. The summed E-state index contributed by atoms with van der Waals surface area (Å²) in [6.45, 7) is 11.0. The molecule has 4 aliphatic rings. The van der Waals surface area contributed by atoms with Gasteiger partial charge in [0.15, 0.2) is 5.70 Å². The van der Waals surface area contributed by atoms with Crippen molar-refractivity contribution in [3.8, 4) is 0 Å². The highest BCUT2D eigenvalue weighted by Crippen LogP contribution is 2.42. The number of aryl methyl sites for hydroxylation is 2. The van der Waals surface area contributed by atoms with E-state index in [1.165, 1.54) is 12.1 Å². The van der Waals surface area contributed by atoms with E-state index in [4.69, 9.17) is 27.7 Å². The van der Waals surface area contributed by atoms with Crippen LogP contribution >= 0.6 is 0 Å². The first-order valence-electron chi connectivity index (χ1n) is 19.3. The maximum absolute atomic E-state index is 12.8. The van der Waals surface area contributed by atoms with Gasteiger partial charge < -0.3 is 48.1 Å². The largest absolute Gasteiger partial charge is 0.461 e. The van der Waals surface area contributed by atoms with Gasteiger partial charge in [0.25, 0.3) is 0 Å². The Bertz CT molecular complexity index is 1860. The third-order valence-electron chi connectivity index (χ3n) is 10.8. The fraction of sp³-hybridized carbons (Fsp3) is 0.488. The number of rotatable bonds is 8. The fourth-order valence-electron chi connectivity index (χ4n) is 8.14. The van der Waals surface area contributed by atoms with Crippen LogP contribution in [0.5, 0.6) is 0 Å². The molecule has 2 aromatic carbocycles. The van der Waals surface area contributed by atoms with Gasteiger partial charge in [-0.15, -0.1) is 0 Å². The molecule has 4 saturated heterocycles. The molecule has 4 bridgehead atoms. The molecule has 2 aromatic rings. The molecule has 0 spiro atoms. The Balaban J connectivity index is 0.000000242. The van der Waals surface area contributed by atoms with Crippen molar-refractivity contribution in [2.45, 2.75) is 110 Å². The third-order valence-corrected chi connectivity index (χ3v) is 10.8. The lowest BCUT2D eigenvalue weighted by molar-refractivity contribution is -0.0925. The molecule has 4 aliphatic heterocycles. The van der Waals surface area contributed by atoms with Gasteiger partial charge in [0.05, 0.1) is 0 Å². The Morgan fingerprint density at radius 3 is 1.63 bits per heavy atom. The quantitative estimate of drug-likeness (QED) is 0.0514. The average Bonchev–Trinajstić information content (AvgIpc) is 3.15. The lowest BCUT2D eigenvalue weighted by atomic mass is 9.74. The standard InChI is InChI=1S/C20H27FN4O2.C19H24F3N5O.C2H6/c1-12-5-15-8-16(6-12)25(15)20(26)24-14-4-3-13(2)18(7-14)19(23)9-17(10-22)27-11-21;1-10-5-13-8-14(6-10)27(13)18(28)25-12-4-3-11(2)15(7-12)17(24)26-16(9-23)19(20,21)22;1-2/h3-4,7,9-10,12,15-16H,5-6,8,11,22-23H2,1-2H3,(H,24,26);3-4,7,9-10,13-14H,5-6,8,23H2,1-2H3,(H2,24,26)(H,25,28);1-2H3/b17-10+,19-9-;16-9-;/t12?,15-,16+;10?,13-,14+;. The highest BCUT2D eigenvalue weighted by atomic mass is 19.4. The number of allylic oxidation sites excluding steroid dienone is 2. The number of hydrogen-bond donors (Lipinski definition) is 6. The molecule has 16 heteroatoms. The lowest BCUT2D eigenvalue weighted by Crippen LogP contribution is -2.63. The molecule has 0 radical (unpaired) electrons. The number of aliphatic imine (C=N–C) groups is 1. The Morgan fingerprint density at radius 1 is 0.789 bits per heavy atom. The molecule has 57 heavy (non-hydrogen) atoms. The number of anilines is 2. The van der Waals surface area contributed by atoms with Crippen LogP contribution in [0.2, 0.25) is 0 Å². The van der Waals surface area contributed by atoms with Crippen molar-refractivity contribution in [2.24, 2.45) is 39.8 Å². The number of carbonyl (C=O) groups is 2. The predicted molar refractivity (Wildman–Crippen MR) is 217 cm³/mol. The van der Waals surface area contributed by atoms with E-state index in [0.29, 0.717) is 58.3 Å². The maximum Gasteiger partial charge on any atom is 0.434 e. The Kier molecular flexibility index (Phi) is 14.9. The van der Waals surface area contributed by atoms with Crippen molar-refractivity contribution in [1.82, 2.24) is 9.80 Å². The Labute approximate surface area is 332 Å². The van der Waals surface area contributed by atoms with E-state index in [0.717, 1.165) is 55.9 Å². The molecular formula is C41H57F4N9O3. The number of hydrogen-bond acceptors (Lipinski definition) is 7. The summed E-state index contributed by atoms with van der Waals surface area (Å²) < 4.78 is 55.7. The number of benzene rings is 2. The van der Waals surface area contributed by atoms with Crippen molar-refractivity contribution >= 4 is 35.0 Å². The summed E-state index contributed by atoms with van der Waals surface area (Å²) in [6.07, 6.45) is 4.55. The number of urea groups is 2. The zero-order valence-electron chi connectivity index (χ0n) is 33.5. The Hall–Kier alpha value is -5.41. The predicted octanol–water partition coefficient (Wildman–Crippen LogP) is 7.94. The summed E-state index contributed by atoms with van der Waals surface area (Å²) in [6, 6.07) is 11.4. The first-order chi connectivity index (χ1) is 27.0. The van der Waals surface area contributed by atoms with E-state index in [1.807, 2.05) is 42.7 Å². The van der Waals surface area contributed by atoms with Crippen LogP contribution in [0, 0.1) is 25.7 Å². The molecule has 2 unspecified atom stereocenters. The van der Waals surface area contributed by atoms with E-state index in [2.05, 4.69) is 29.5 Å². The summed E-state index contributed by atoms with van der Waals surface area (Å²) >= 11 is 0. The summed E-state index contributed by atoms with van der Waals surface area (Å²) in [5.74, 6) is 1.13. The molecule has 6 rings (SSSR count). The van der Waals surface area contributed by atoms with E-state index in [-0.39, 0.29) is 35.7 Å². The second-order valence-corrected chi connectivity index (χ2v) is 14.9. The molecule has 4 fully saturated rings. The highest BCUT2D eigenvalue weighted by molar-refractivity contribution is 6.01. The SMILES string of the molecule is CC.Cc1ccc(NC(=O)N2[C@@H]3CC(C)C[C@H]2C3)cc1/C(N)=C/C(=C\N)OCF.Cc1ccc(NC(=O)N2[C@@H]3CC(C)C[C@H]2C3)cc1C(N)=N/C(=C\N)C(F)(F)F. The number of piperidine rings is 2. The van der Waals surface area contributed by atoms with Gasteiger partial charge in [-0.25, -0.2) is 19.0 Å². The van der Waals surface area contributed by atoms with Crippen molar-refractivity contribution in [2.75, 3.05) is 17.5 Å². The second kappa shape index (κ2) is 19.2. The zero-order chi connectivity index (χ0) is 42.2. The minimum Gasteiger partial charge on any atom is -0.461 e. The molecule has 0 aliphatic carbocycles. The van der Waals surface area contributed by atoms with Crippen LogP contribution in [-0.2, 0) is 4.74 Å². The van der Waals surface area contributed by atoms with Crippen molar-refractivity contribution in [3.63, 3.8) is 0 Å². The molecule has 4 heterocycles. The molecule has 0 aromatic heterocycles. The van der Waals surface area contributed by atoms with Crippen LogP contribution in [0.15, 0.2) is 71.3 Å². The first kappa shape index (κ1) is 44.3. The number of fused-ring (bicyclic) bond motifs is 4. The van der Waals surface area contributed by atoms with Gasteiger partial charge in [-0.05, 0) is 99.6 Å². The molecule has 12 nitrogen and oxygen atoms in total. The van der Waals surface area contributed by atoms with E-state index in [1.54, 1.807) is 25.1 Å². The van der Waals surface area contributed by atoms with Crippen LogP contribution in [0.4, 0.5) is 38.5 Å². The topological polar surface area (TPSA) is 190 Å². The van der Waals surface area contributed by atoms with Crippen LogP contribution in [0.3, 0.4) is 0 Å². The number of amidine groups is 1. The molecule has 4 amide bonds. The maximum atomic E-state index is 12.8. The summed E-state index contributed by atoms with van der Waals surface area (Å²) in [4.78, 5) is 32.5. The minimum atomic E-state index is -4.70. The number of amides is 4. The van der Waals surface area contributed by atoms with Crippen LogP contribution in [0.25, 0.3) is 5.70 Å². The molecule has 0 saturated carbocycles. The van der Waals surface area contributed by atoms with Gasteiger partial charge in [-0.2, -0.15) is 13.2 Å². The molecule has 10 N–H and O–H groups in total. The summed E-state index contributed by atoms with van der Waals surface area (Å²) in [5.41, 5.74) is 25.2. The number of nitrogens with one attached hydrogen (secondary N) is 2. The molecule has 312 valence electrons. The van der Waals surface area contributed by atoms with Crippen LogP contribution < -0.4 is 33.6 Å². The van der Waals surface area contributed by atoms with Gasteiger partial charge in [0.2, 0.25) is 6.86 Å². The van der Waals surface area contributed by atoms with E-state index < -0.39 is 18.7 Å². The first-order valence-corrected chi connectivity index (χ1v) is 19.3. The van der Waals surface area contributed by atoms with Crippen molar-refractivity contribution < 1.29 is 31.9 Å². The van der Waals surface area contributed by atoms with Gasteiger partial charge >= 0.3 is 18.2 Å². The number of nitrogens with zero attached hydrogens (tertiary/aromatic N) is 3. The fourth-order valence-corrected chi connectivity index (χ4v) is 8.14. The second-order valence-electron chi connectivity index (χ2n) is 14.9. The number of alkyl halides is 4. The van der Waals surface area contributed by atoms with Gasteiger partial charge in [0.1, 0.15) is 11.6 Å². The van der Waals surface area contributed by atoms with Gasteiger partial charge in [0, 0.05) is 70.8 Å². The zero-order valence-corrected chi connectivity index (χ0v) is 33.5. The monoisotopic (exact) mass is 799 g/mol. The summed E-state index contributed by atoms with van der Waals surface area (Å²) in [5, 5.41) is 5.80. The molecule has 6 atom stereocenters. The lowest BCUT2D eigenvalue weighted by Gasteiger charge is -2.54. The van der Waals surface area contributed by atoms with Crippen molar-refractivity contribution in [1.29, 1.82) is 0 Å². The number of carbonyl (C=O) groups excluding carboxylic acids is 2. The third kappa shape index (κ3) is 10.7. The Morgan fingerprint density at radius 2 is 1.23 bits per heavy atom. The molecular weight excluding hydrogens is 743 g/mol. The highest BCUT2D eigenvalue weighted by Gasteiger charge is 2.47. The normalized spacial score (nSPS) is 24.4. The van der Waals surface area contributed by atoms with Gasteiger partial charge in [-0.3, -0.25) is 0 Å². The minimum absolute atomic E-state index is 0.0659. The van der Waals surface area contributed by atoms with E-state index in [9.17, 15) is 27.2 Å². The van der Waals surface area contributed by atoms with Crippen molar-refractivity contribution in [3.05, 3.63) is 88.6 Å². The average molecular weight is 800 g/mol. The van der Waals surface area contributed by atoms with Crippen LogP contribution in [0.1, 0.15) is 88.5 Å². The summed E-state index contributed by atoms with van der Waals surface area (Å²) in [7, 11) is 0. The smallest absolute Gasteiger partial charge is 0.434 e. The number of nitrogens with two attached hydrogens (primary N) is 4. The van der Waals surface area contributed by atoms with Crippen LogP contribution in [-0.4, -0.2) is 64.9 Å². The number of halogens is 4. The van der Waals surface area contributed by atoms with E-state index >= 15 is 0 Å².